The molecule has 0 aromatic carbocycles. The molecule has 3 rings (SSSR count). The molecule has 0 unspecified atom stereocenters. The van der Waals surface area contributed by atoms with Crippen LogP contribution in [-0.4, -0.2) is 50.3 Å². The molecule has 0 amide bonds. The number of aromatic nitrogens is 1. The average Bonchev–Trinajstić information content (AvgIpc) is 3.44. The summed E-state index contributed by atoms with van der Waals surface area (Å²) >= 11 is 0. The molecular formula is C23H40IN5O. The lowest BCUT2D eigenvalue weighted by Crippen LogP contribution is -2.43. The van der Waals surface area contributed by atoms with Gasteiger partial charge in [-0.15, -0.1) is 24.0 Å². The summed E-state index contributed by atoms with van der Waals surface area (Å²) in [6.07, 6.45) is 10.9. The molecule has 2 aliphatic rings. The molecule has 1 saturated carbocycles. The van der Waals surface area contributed by atoms with E-state index in [1.165, 1.54) is 38.5 Å². The lowest BCUT2D eigenvalue weighted by atomic mass is 9.83. The topological polar surface area (TPSA) is 61.8 Å². The Morgan fingerprint density at radius 1 is 1.13 bits per heavy atom. The van der Waals surface area contributed by atoms with Crippen LogP contribution in [0.25, 0.3) is 0 Å². The Labute approximate surface area is 199 Å². The Morgan fingerprint density at radius 3 is 2.53 bits per heavy atom. The molecule has 170 valence electrons. The second kappa shape index (κ2) is 13.3. The van der Waals surface area contributed by atoms with Gasteiger partial charge in [-0.3, -0.25) is 0 Å². The van der Waals surface area contributed by atoms with Crippen molar-refractivity contribution in [3.8, 4) is 0 Å². The van der Waals surface area contributed by atoms with Gasteiger partial charge in [-0.05, 0) is 63.0 Å². The van der Waals surface area contributed by atoms with E-state index in [1.54, 1.807) is 0 Å². The van der Waals surface area contributed by atoms with Crippen molar-refractivity contribution in [2.24, 2.45) is 10.4 Å². The van der Waals surface area contributed by atoms with Gasteiger partial charge >= 0.3 is 0 Å². The normalized spacial score (nSPS) is 18.3. The summed E-state index contributed by atoms with van der Waals surface area (Å²) in [6, 6.07) is 4.30. The molecule has 2 fully saturated rings. The number of ether oxygens (including phenoxy) is 1. The molecular weight excluding hydrogens is 489 g/mol. The highest BCUT2D eigenvalue weighted by Gasteiger charge is 2.33. The van der Waals surface area contributed by atoms with E-state index in [4.69, 9.17) is 9.73 Å². The number of hydrogen-bond acceptors (Lipinski definition) is 4. The largest absolute Gasteiger partial charge is 0.382 e. The number of nitrogens with one attached hydrogen (secondary N) is 2. The number of pyridine rings is 1. The van der Waals surface area contributed by atoms with Gasteiger partial charge in [0.1, 0.15) is 5.82 Å². The fourth-order valence-corrected chi connectivity index (χ4v) is 4.50. The van der Waals surface area contributed by atoms with E-state index in [0.717, 1.165) is 63.2 Å². The molecule has 0 atom stereocenters. The Balaban J connectivity index is 0.00000320. The van der Waals surface area contributed by atoms with Crippen molar-refractivity contribution >= 4 is 35.8 Å². The van der Waals surface area contributed by atoms with Crippen LogP contribution in [0.15, 0.2) is 23.3 Å². The summed E-state index contributed by atoms with van der Waals surface area (Å²) in [5, 5.41) is 7.01. The second-order valence-electron chi connectivity index (χ2n) is 8.42. The number of aliphatic imine (C=N–C) groups is 1. The van der Waals surface area contributed by atoms with Crippen molar-refractivity contribution < 1.29 is 4.74 Å². The van der Waals surface area contributed by atoms with E-state index in [1.807, 2.05) is 6.20 Å². The zero-order chi connectivity index (χ0) is 20.4. The first kappa shape index (κ1) is 25.2. The van der Waals surface area contributed by atoms with Crippen molar-refractivity contribution in [1.29, 1.82) is 0 Å². The summed E-state index contributed by atoms with van der Waals surface area (Å²) in [7, 11) is 0. The van der Waals surface area contributed by atoms with Crippen LogP contribution in [0.1, 0.15) is 64.4 Å². The summed E-state index contributed by atoms with van der Waals surface area (Å²) in [5.74, 6) is 2.00. The van der Waals surface area contributed by atoms with Gasteiger partial charge in [0.25, 0.3) is 0 Å². The highest BCUT2D eigenvalue weighted by Crippen LogP contribution is 2.40. The number of nitrogens with zero attached hydrogens (tertiary/aromatic N) is 3. The minimum absolute atomic E-state index is 0. The van der Waals surface area contributed by atoms with Crippen molar-refractivity contribution in [3.05, 3.63) is 23.9 Å². The number of guanidine groups is 1. The van der Waals surface area contributed by atoms with Crippen LogP contribution in [0.4, 0.5) is 5.82 Å². The van der Waals surface area contributed by atoms with Gasteiger partial charge in [0, 0.05) is 45.6 Å². The van der Waals surface area contributed by atoms with Gasteiger partial charge in [0.05, 0.1) is 6.54 Å². The third-order valence-corrected chi connectivity index (χ3v) is 6.28. The third-order valence-electron chi connectivity index (χ3n) is 6.28. The van der Waals surface area contributed by atoms with E-state index < -0.39 is 0 Å². The number of hydrogen-bond donors (Lipinski definition) is 2. The first-order valence-corrected chi connectivity index (χ1v) is 11.5. The molecule has 0 radical (unpaired) electrons. The summed E-state index contributed by atoms with van der Waals surface area (Å²) < 4.78 is 5.64. The van der Waals surface area contributed by atoms with Crippen LogP contribution >= 0.6 is 24.0 Å². The molecule has 1 saturated heterocycles. The Bertz CT molecular complexity index is 625. The first-order valence-electron chi connectivity index (χ1n) is 11.5. The fraction of sp³-hybridized carbons (Fsp3) is 0.739. The van der Waals surface area contributed by atoms with Gasteiger partial charge in [-0.1, -0.05) is 18.9 Å². The van der Waals surface area contributed by atoms with E-state index in [2.05, 4.69) is 46.5 Å². The van der Waals surface area contributed by atoms with Crippen molar-refractivity contribution in [1.82, 2.24) is 15.6 Å². The van der Waals surface area contributed by atoms with E-state index in [-0.39, 0.29) is 24.0 Å². The van der Waals surface area contributed by atoms with Crippen LogP contribution in [-0.2, 0) is 11.3 Å². The Kier molecular flexibility index (Phi) is 11.2. The monoisotopic (exact) mass is 529 g/mol. The van der Waals surface area contributed by atoms with Crippen LogP contribution in [0.3, 0.4) is 0 Å². The zero-order valence-electron chi connectivity index (χ0n) is 18.8. The van der Waals surface area contributed by atoms with Crippen molar-refractivity contribution in [2.75, 3.05) is 44.3 Å². The third kappa shape index (κ3) is 7.55. The quantitative estimate of drug-likeness (QED) is 0.204. The molecule has 0 bridgehead atoms. The highest BCUT2D eigenvalue weighted by atomic mass is 127. The van der Waals surface area contributed by atoms with Crippen LogP contribution in [0.2, 0.25) is 0 Å². The fourth-order valence-electron chi connectivity index (χ4n) is 4.50. The first-order chi connectivity index (χ1) is 14.2. The van der Waals surface area contributed by atoms with Gasteiger partial charge in [0.2, 0.25) is 0 Å². The van der Waals surface area contributed by atoms with Crippen molar-refractivity contribution in [2.45, 2.75) is 65.3 Å². The SMILES string of the molecule is CCNC(=NCc1ccc(N2CCCC2)nc1)NCC1(CCOCC)CCCC1.I. The van der Waals surface area contributed by atoms with E-state index in [0.29, 0.717) is 12.0 Å². The number of halogens is 1. The molecule has 6 nitrogen and oxygen atoms in total. The Morgan fingerprint density at radius 2 is 1.90 bits per heavy atom. The lowest BCUT2D eigenvalue weighted by Gasteiger charge is -2.30. The van der Waals surface area contributed by atoms with Crippen molar-refractivity contribution in [3.63, 3.8) is 0 Å². The molecule has 1 aromatic heterocycles. The maximum atomic E-state index is 5.64. The lowest BCUT2D eigenvalue weighted by molar-refractivity contribution is 0.105. The summed E-state index contributed by atoms with van der Waals surface area (Å²) in [5.41, 5.74) is 1.50. The molecule has 2 heterocycles. The molecule has 1 aliphatic heterocycles. The summed E-state index contributed by atoms with van der Waals surface area (Å²) in [4.78, 5) is 11.8. The maximum absolute atomic E-state index is 5.64. The minimum Gasteiger partial charge on any atom is -0.382 e. The predicted octanol–water partition coefficient (Wildman–Crippen LogP) is 4.34. The van der Waals surface area contributed by atoms with Crippen LogP contribution < -0.4 is 15.5 Å². The van der Waals surface area contributed by atoms with Crippen LogP contribution in [0.5, 0.6) is 0 Å². The zero-order valence-corrected chi connectivity index (χ0v) is 21.1. The van der Waals surface area contributed by atoms with Gasteiger partial charge in [0.15, 0.2) is 5.96 Å². The van der Waals surface area contributed by atoms with Gasteiger partial charge in [-0.2, -0.15) is 0 Å². The maximum Gasteiger partial charge on any atom is 0.191 e. The number of rotatable bonds is 10. The minimum atomic E-state index is 0. The molecule has 1 aromatic rings. The van der Waals surface area contributed by atoms with Crippen LogP contribution in [0, 0.1) is 5.41 Å². The Hall–Kier alpha value is -1.09. The predicted molar refractivity (Wildman–Crippen MR) is 136 cm³/mol. The van der Waals surface area contributed by atoms with Gasteiger partial charge in [-0.25, -0.2) is 9.98 Å². The molecule has 0 spiro atoms. The second-order valence-corrected chi connectivity index (χ2v) is 8.42. The standard InChI is InChI=1S/C23H39N5O.HI/c1-3-24-22(27-19-23(11-5-6-12-23)13-16-29-4-2)26-18-20-9-10-21(25-17-20)28-14-7-8-15-28;/h9-10,17H,3-8,11-16,18-19H2,1-2H3,(H2,24,26,27);1H. The average molecular weight is 530 g/mol. The van der Waals surface area contributed by atoms with Gasteiger partial charge < -0.3 is 20.3 Å². The smallest absolute Gasteiger partial charge is 0.191 e. The summed E-state index contributed by atoms with van der Waals surface area (Å²) in [6.45, 7) is 10.6. The molecule has 30 heavy (non-hydrogen) atoms. The molecule has 2 N–H and O–H groups in total. The molecule has 7 heteroatoms. The molecule has 1 aliphatic carbocycles. The van der Waals surface area contributed by atoms with E-state index >= 15 is 0 Å². The highest BCUT2D eigenvalue weighted by molar-refractivity contribution is 14.0. The van der Waals surface area contributed by atoms with E-state index in [9.17, 15) is 0 Å². The number of anilines is 1.